The predicted octanol–water partition coefficient (Wildman–Crippen LogP) is 3.95. The maximum atomic E-state index is 12.1. The van der Waals surface area contributed by atoms with Crippen LogP contribution in [0.5, 0.6) is 11.5 Å². The second-order valence-electron chi connectivity index (χ2n) is 8.50. The van der Waals surface area contributed by atoms with Crippen LogP contribution in [0.15, 0.2) is 18.2 Å². The Bertz CT molecular complexity index is 714. The molecule has 0 radical (unpaired) electrons. The summed E-state index contributed by atoms with van der Waals surface area (Å²) in [7, 11) is 0. The van der Waals surface area contributed by atoms with Gasteiger partial charge in [0.25, 0.3) is 0 Å². The van der Waals surface area contributed by atoms with E-state index in [9.17, 15) is 14.7 Å². The van der Waals surface area contributed by atoms with Crippen molar-refractivity contribution in [3.05, 3.63) is 23.8 Å². The zero-order valence-electron chi connectivity index (χ0n) is 16.8. The molecule has 154 valence electrons. The molecule has 1 N–H and O–H groups in total. The molecule has 1 aliphatic carbocycles. The lowest BCUT2D eigenvalue weighted by Crippen LogP contribution is -2.44. The van der Waals surface area contributed by atoms with E-state index in [2.05, 4.69) is 0 Å². The molecule has 1 aliphatic heterocycles. The van der Waals surface area contributed by atoms with Gasteiger partial charge < -0.3 is 24.2 Å². The van der Waals surface area contributed by atoms with Crippen molar-refractivity contribution in [3.63, 3.8) is 0 Å². The smallest absolute Gasteiger partial charge is 0.410 e. The summed E-state index contributed by atoms with van der Waals surface area (Å²) in [5.74, 6) is 0.459. The number of carbonyl (C=O) groups excluding carboxylic acids is 1. The van der Waals surface area contributed by atoms with Gasteiger partial charge in [0.05, 0.1) is 6.61 Å². The van der Waals surface area contributed by atoms with Gasteiger partial charge in [-0.05, 0) is 51.7 Å². The summed E-state index contributed by atoms with van der Waals surface area (Å²) in [6.45, 7) is 7.23. The first-order valence-electron chi connectivity index (χ1n) is 9.86. The zero-order chi connectivity index (χ0) is 20.3. The van der Waals surface area contributed by atoms with Crippen LogP contribution >= 0.6 is 0 Å². The van der Waals surface area contributed by atoms with Gasteiger partial charge in [-0.25, -0.2) is 9.59 Å². The standard InChI is InChI=1S/C21H29NO6/c1-21(2,3)28-20(25)22-10-8-15(9-11-22)27-16-6-7-17(19(23)24)18(12-16)26-13-14-4-5-14/h6-7,12,14-15H,4-5,8-11,13H2,1-3H3,(H,23,24). The van der Waals surface area contributed by atoms with E-state index in [1.807, 2.05) is 20.8 Å². The zero-order valence-corrected chi connectivity index (χ0v) is 16.8. The van der Waals surface area contributed by atoms with E-state index >= 15 is 0 Å². The molecule has 2 fully saturated rings. The highest BCUT2D eigenvalue weighted by molar-refractivity contribution is 5.91. The van der Waals surface area contributed by atoms with Crippen LogP contribution in [-0.4, -0.2) is 53.5 Å². The second-order valence-corrected chi connectivity index (χ2v) is 8.50. The van der Waals surface area contributed by atoms with Crippen LogP contribution in [0.4, 0.5) is 4.79 Å². The predicted molar refractivity (Wildman–Crippen MR) is 103 cm³/mol. The van der Waals surface area contributed by atoms with Gasteiger partial charge >= 0.3 is 12.1 Å². The molecule has 7 nitrogen and oxygen atoms in total. The van der Waals surface area contributed by atoms with Crippen LogP contribution in [0.1, 0.15) is 56.8 Å². The molecule has 1 saturated heterocycles. The van der Waals surface area contributed by atoms with Crippen LogP contribution in [0, 0.1) is 5.92 Å². The third-order valence-electron chi connectivity index (χ3n) is 4.75. The molecule has 7 heteroatoms. The number of carbonyl (C=O) groups is 2. The van der Waals surface area contributed by atoms with E-state index in [1.165, 1.54) is 6.07 Å². The average Bonchev–Trinajstić information content (AvgIpc) is 3.43. The molecule has 0 bridgehead atoms. The van der Waals surface area contributed by atoms with Crippen LogP contribution in [0.25, 0.3) is 0 Å². The Hall–Kier alpha value is -2.44. The summed E-state index contributed by atoms with van der Waals surface area (Å²) in [4.78, 5) is 25.3. The molecule has 1 aromatic rings. The molecule has 0 aromatic heterocycles. The lowest BCUT2D eigenvalue weighted by Gasteiger charge is -2.33. The van der Waals surface area contributed by atoms with Gasteiger partial charge in [0.1, 0.15) is 28.8 Å². The van der Waals surface area contributed by atoms with Crippen LogP contribution < -0.4 is 9.47 Å². The molecular weight excluding hydrogens is 362 g/mol. The summed E-state index contributed by atoms with van der Waals surface area (Å²) >= 11 is 0. The number of hydrogen-bond donors (Lipinski definition) is 1. The minimum Gasteiger partial charge on any atom is -0.492 e. The Morgan fingerprint density at radius 1 is 1.14 bits per heavy atom. The van der Waals surface area contributed by atoms with Gasteiger partial charge in [0.15, 0.2) is 0 Å². The number of likely N-dealkylation sites (tertiary alicyclic amines) is 1. The van der Waals surface area contributed by atoms with E-state index in [4.69, 9.17) is 14.2 Å². The molecule has 28 heavy (non-hydrogen) atoms. The summed E-state index contributed by atoms with van der Waals surface area (Å²) < 4.78 is 17.2. The fourth-order valence-corrected chi connectivity index (χ4v) is 3.04. The number of amides is 1. The first-order valence-corrected chi connectivity index (χ1v) is 9.86. The number of ether oxygens (including phenoxy) is 3. The first-order chi connectivity index (χ1) is 13.2. The van der Waals surface area contributed by atoms with Gasteiger partial charge in [0.2, 0.25) is 0 Å². The number of piperidine rings is 1. The number of benzene rings is 1. The fourth-order valence-electron chi connectivity index (χ4n) is 3.04. The van der Waals surface area contributed by atoms with Crippen LogP contribution in [0.2, 0.25) is 0 Å². The van der Waals surface area contributed by atoms with Crippen LogP contribution in [0.3, 0.4) is 0 Å². The van der Waals surface area contributed by atoms with E-state index < -0.39 is 11.6 Å². The molecule has 3 rings (SSSR count). The maximum absolute atomic E-state index is 12.1. The Balaban J connectivity index is 1.56. The average molecular weight is 391 g/mol. The SMILES string of the molecule is CC(C)(C)OC(=O)N1CCC(Oc2ccc(C(=O)O)c(OCC3CC3)c2)CC1. The van der Waals surface area contributed by atoms with Gasteiger partial charge in [-0.3, -0.25) is 0 Å². The van der Waals surface area contributed by atoms with Gasteiger partial charge in [-0.2, -0.15) is 0 Å². The molecule has 1 amide bonds. The molecule has 1 heterocycles. The van der Waals surface area contributed by atoms with Crippen molar-refractivity contribution in [1.82, 2.24) is 4.90 Å². The first kappa shape index (κ1) is 20.3. The topological polar surface area (TPSA) is 85.3 Å². The van der Waals surface area contributed by atoms with Crippen molar-refractivity contribution in [1.29, 1.82) is 0 Å². The number of carboxylic acids is 1. The summed E-state index contributed by atoms with van der Waals surface area (Å²) in [5.41, 5.74) is -0.361. The molecule has 0 spiro atoms. The largest absolute Gasteiger partial charge is 0.492 e. The van der Waals surface area contributed by atoms with Gasteiger partial charge in [0, 0.05) is 32.0 Å². The number of hydrogen-bond acceptors (Lipinski definition) is 5. The Morgan fingerprint density at radius 2 is 1.82 bits per heavy atom. The molecule has 2 aliphatic rings. The molecule has 0 unspecified atom stereocenters. The normalized spacial score (nSPS) is 17.9. The van der Waals surface area contributed by atoms with Gasteiger partial charge in [-0.15, -0.1) is 0 Å². The van der Waals surface area contributed by atoms with Gasteiger partial charge in [-0.1, -0.05) is 0 Å². The number of carboxylic acid groups (broad SMARTS) is 1. The van der Waals surface area contributed by atoms with Crippen molar-refractivity contribution in [2.75, 3.05) is 19.7 Å². The van der Waals surface area contributed by atoms with E-state index in [-0.39, 0.29) is 17.8 Å². The minimum absolute atomic E-state index is 0.0364. The number of aromatic carboxylic acids is 1. The number of nitrogens with zero attached hydrogens (tertiary/aromatic N) is 1. The second kappa shape index (κ2) is 8.29. The van der Waals surface area contributed by atoms with Crippen LogP contribution in [-0.2, 0) is 4.74 Å². The molecule has 0 atom stereocenters. The minimum atomic E-state index is -1.01. The third kappa shape index (κ3) is 5.78. The maximum Gasteiger partial charge on any atom is 0.410 e. The van der Waals surface area contributed by atoms with E-state index in [1.54, 1.807) is 17.0 Å². The Morgan fingerprint density at radius 3 is 2.39 bits per heavy atom. The van der Waals surface area contributed by atoms with Crippen molar-refractivity contribution in [2.45, 2.75) is 58.2 Å². The molecular formula is C21H29NO6. The van der Waals surface area contributed by atoms with Crippen molar-refractivity contribution >= 4 is 12.1 Å². The fraction of sp³-hybridized carbons (Fsp3) is 0.619. The molecule has 1 saturated carbocycles. The van der Waals surface area contributed by atoms with Crippen molar-refractivity contribution in [3.8, 4) is 11.5 Å². The highest BCUT2D eigenvalue weighted by Crippen LogP contribution is 2.32. The Kier molecular flexibility index (Phi) is 6.01. The Labute approximate surface area is 165 Å². The lowest BCUT2D eigenvalue weighted by molar-refractivity contribution is 0.0126. The lowest BCUT2D eigenvalue weighted by atomic mass is 10.1. The monoisotopic (exact) mass is 391 g/mol. The van der Waals surface area contributed by atoms with Crippen molar-refractivity contribution < 1.29 is 28.9 Å². The highest BCUT2D eigenvalue weighted by atomic mass is 16.6. The third-order valence-corrected chi connectivity index (χ3v) is 4.75. The number of rotatable bonds is 6. The summed E-state index contributed by atoms with van der Waals surface area (Å²) in [6, 6.07) is 4.84. The quantitative estimate of drug-likeness (QED) is 0.790. The van der Waals surface area contributed by atoms with Crippen molar-refractivity contribution in [2.24, 2.45) is 5.92 Å². The van der Waals surface area contributed by atoms with E-state index in [0.29, 0.717) is 50.0 Å². The summed E-state index contributed by atoms with van der Waals surface area (Å²) in [5, 5.41) is 9.35. The highest BCUT2D eigenvalue weighted by Gasteiger charge is 2.28. The molecule has 1 aromatic carbocycles. The van der Waals surface area contributed by atoms with E-state index in [0.717, 1.165) is 12.8 Å². The summed E-state index contributed by atoms with van der Waals surface area (Å²) in [6.07, 6.45) is 3.32.